The Kier molecular flexibility index (Phi) is 8.56. The molecule has 0 aliphatic rings. The Bertz CT molecular complexity index is 615. The van der Waals surface area contributed by atoms with Crippen LogP contribution in [-0.4, -0.2) is 13.7 Å². The van der Waals surface area contributed by atoms with Crippen molar-refractivity contribution < 1.29 is 9.47 Å². The van der Waals surface area contributed by atoms with E-state index >= 15 is 0 Å². The van der Waals surface area contributed by atoms with Crippen molar-refractivity contribution in [2.45, 2.75) is 20.1 Å². The van der Waals surface area contributed by atoms with Crippen LogP contribution in [-0.2, 0) is 13.2 Å². The summed E-state index contributed by atoms with van der Waals surface area (Å²) in [7, 11) is 1.63. The first-order valence-electron chi connectivity index (χ1n) is 7.09. The van der Waals surface area contributed by atoms with Gasteiger partial charge in [-0.3, -0.25) is 0 Å². The summed E-state index contributed by atoms with van der Waals surface area (Å²) in [5.41, 5.74) is 1.91. The van der Waals surface area contributed by atoms with Crippen LogP contribution >= 0.6 is 35.6 Å². The molecule has 2 aromatic rings. The molecule has 0 bridgehead atoms. The van der Waals surface area contributed by atoms with Crippen LogP contribution < -0.4 is 14.8 Å². The summed E-state index contributed by atoms with van der Waals surface area (Å²) in [5, 5.41) is 4.46. The van der Waals surface area contributed by atoms with E-state index in [0.717, 1.165) is 24.2 Å². The minimum absolute atomic E-state index is 0. The van der Waals surface area contributed by atoms with Crippen LogP contribution in [0.15, 0.2) is 36.4 Å². The summed E-state index contributed by atoms with van der Waals surface area (Å²) >= 11 is 12.3. The fraction of sp³-hybridized carbons (Fsp3) is 0.294. The molecular weight excluding hydrogens is 357 g/mol. The van der Waals surface area contributed by atoms with E-state index in [1.54, 1.807) is 19.2 Å². The SMILES string of the molecule is CCNCc1ccc(OCc2c(Cl)cccc2Cl)c(OC)c1.Cl. The predicted octanol–water partition coefficient (Wildman–Crippen LogP) is 5.11. The number of halogens is 3. The summed E-state index contributed by atoms with van der Waals surface area (Å²) < 4.78 is 11.2. The molecule has 0 aliphatic carbocycles. The summed E-state index contributed by atoms with van der Waals surface area (Å²) in [6, 6.07) is 11.3. The Morgan fingerprint density at radius 2 is 1.74 bits per heavy atom. The average Bonchev–Trinajstić information content (AvgIpc) is 2.53. The molecule has 0 atom stereocenters. The topological polar surface area (TPSA) is 30.5 Å². The molecule has 0 aromatic heterocycles. The van der Waals surface area contributed by atoms with Gasteiger partial charge in [0.2, 0.25) is 0 Å². The van der Waals surface area contributed by atoms with Crippen LogP contribution in [0.1, 0.15) is 18.1 Å². The standard InChI is InChI=1S/C17H19Cl2NO2.ClH/c1-3-20-10-12-7-8-16(17(9-12)21-2)22-11-13-14(18)5-4-6-15(13)19;/h4-9,20H,3,10-11H2,1-2H3;1H. The molecule has 0 saturated heterocycles. The number of hydrogen-bond acceptors (Lipinski definition) is 3. The van der Waals surface area contributed by atoms with Crippen molar-refractivity contribution in [2.24, 2.45) is 0 Å². The summed E-state index contributed by atoms with van der Waals surface area (Å²) in [4.78, 5) is 0. The normalized spacial score (nSPS) is 10.1. The molecule has 0 saturated carbocycles. The van der Waals surface area contributed by atoms with Crippen molar-refractivity contribution in [2.75, 3.05) is 13.7 Å². The molecule has 0 heterocycles. The predicted molar refractivity (Wildman–Crippen MR) is 98.4 cm³/mol. The maximum Gasteiger partial charge on any atom is 0.161 e. The lowest BCUT2D eigenvalue weighted by atomic mass is 10.2. The number of methoxy groups -OCH3 is 1. The van der Waals surface area contributed by atoms with Gasteiger partial charge < -0.3 is 14.8 Å². The Morgan fingerprint density at radius 3 is 2.35 bits per heavy atom. The molecule has 2 aromatic carbocycles. The van der Waals surface area contributed by atoms with Gasteiger partial charge in [-0.15, -0.1) is 12.4 Å². The van der Waals surface area contributed by atoms with Gasteiger partial charge >= 0.3 is 0 Å². The van der Waals surface area contributed by atoms with Crippen molar-refractivity contribution >= 4 is 35.6 Å². The average molecular weight is 377 g/mol. The summed E-state index contributed by atoms with van der Waals surface area (Å²) in [5.74, 6) is 1.36. The van der Waals surface area contributed by atoms with Crippen LogP contribution in [0.2, 0.25) is 10.0 Å². The second kappa shape index (κ2) is 9.89. The van der Waals surface area contributed by atoms with Gasteiger partial charge in [0.15, 0.2) is 11.5 Å². The van der Waals surface area contributed by atoms with Gasteiger partial charge in [0.25, 0.3) is 0 Å². The molecule has 126 valence electrons. The highest BCUT2D eigenvalue weighted by atomic mass is 35.5. The van der Waals surface area contributed by atoms with Crippen molar-refractivity contribution in [1.29, 1.82) is 0 Å². The van der Waals surface area contributed by atoms with Gasteiger partial charge in [-0.1, -0.05) is 42.3 Å². The Labute approximate surface area is 153 Å². The van der Waals surface area contributed by atoms with E-state index in [4.69, 9.17) is 32.7 Å². The highest BCUT2D eigenvalue weighted by Crippen LogP contribution is 2.31. The lowest BCUT2D eigenvalue weighted by Gasteiger charge is -2.14. The zero-order valence-corrected chi connectivity index (χ0v) is 15.4. The Hall–Kier alpha value is -1.13. The number of benzene rings is 2. The van der Waals surface area contributed by atoms with E-state index in [9.17, 15) is 0 Å². The first-order valence-corrected chi connectivity index (χ1v) is 7.84. The minimum atomic E-state index is 0. The molecule has 23 heavy (non-hydrogen) atoms. The van der Waals surface area contributed by atoms with Crippen LogP contribution in [0.25, 0.3) is 0 Å². The Morgan fingerprint density at radius 1 is 1.04 bits per heavy atom. The Balaban J connectivity index is 0.00000264. The molecule has 1 N–H and O–H groups in total. The van der Waals surface area contributed by atoms with Crippen molar-refractivity contribution in [1.82, 2.24) is 5.32 Å². The second-order valence-corrected chi connectivity index (χ2v) is 5.57. The quantitative estimate of drug-likeness (QED) is 0.728. The third-order valence-electron chi connectivity index (χ3n) is 3.24. The third kappa shape index (κ3) is 5.47. The van der Waals surface area contributed by atoms with E-state index in [-0.39, 0.29) is 12.4 Å². The van der Waals surface area contributed by atoms with Crippen molar-refractivity contribution in [3.8, 4) is 11.5 Å². The number of rotatable bonds is 7. The maximum atomic E-state index is 6.15. The number of nitrogens with one attached hydrogen (secondary N) is 1. The molecule has 2 rings (SSSR count). The fourth-order valence-corrected chi connectivity index (χ4v) is 2.54. The molecule has 6 heteroatoms. The first kappa shape index (κ1) is 19.9. The zero-order chi connectivity index (χ0) is 15.9. The lowest BCUT2D eigenvalue weighted by Crippen LogP contribution is -2.11. The molecule has 3 nitrogen and oxygen atoms in total. The highest BCUT2D eigenvalue weighted by Gasteiger charge is 2.10. The third-order valence-corrected chi connectivity index (χ3v) is 3.95. The van der Waals surface area contributed by atoms with E-state index in [1.165, 1.54) is 0 Å². The van der Waals surface area contributed by atoms with Gasteiger partial charge in [0, 0.05) is 22.2 Å². The van der Waals surface area contributed by atoms with E-state index in [2.05, 4.69) is 12.2 Å². The van der Waals surface area contributed by atoms with Gasteiger partial charge in [-0.2, -0.15) is 0 Å². The summed E-state index contributed by atoms with van der Waals surface area (Å²) in [6.45, 7) is 4.08. The fourth-order valence-electron chi connectivity index (χ4n) is 2.03. The highest BCUT2D eigenvalue weighted by molar-refractivity contribution is 6.35. The van der Waals surface area contributed by atoms with Crippen LogP contribution in [0.5, 0.6) is 11.5 Å². The minimum Gasteiger partial charge on any atom is -0.493 e. The maximum absolute atomic E-state index is 6.15. The molecule has 0 aliphatic heterocycles. The molecule has 0 radical (unpaired) electrons. The second-order valence-electron chi connectivity index (χ2n) is 4.75. The van der Waals surface area contributed by atoms with Crippen LogP contribution in [0.4, 0.5) is 0 Å². The molecule has 0 fully saturated rings. The van der Waals surface area contributed by atoms with Crippen LogP contribution in [0.3, 0.4) is 0 Å². The van der Waals surface area contributed by atoms with E-state index in [1.807, 2.05) is 24.3 Å². The van der Waals surface area contributed by atoms with Gasteiger partial charge in [-0.05, 0) is 36.4 Å². The van der Waals surface area contributed by atoms with Crippen molar-refractivity contribution in [3.63, 3.8) is 0 Å². The first-order chi connectivity index (χ1) is 10.7. The lowest BCUT2D eigenvalue weighted by molar-refractivity contribution is 0.284. The van der Waals surface area contributed by atoms with E-state index in [0.29, 0.717) is 28.2 Å². The smallest absolute Gasteiger partial charge is 0.161 e. The van der Waals surface area contributed by atoms with Gasteiger partial charge in [0.05, 0.1) is 7.11 Å². The largest absolute Gasteiger partial charge is 0.493 e. The molecule has 0 amide bonds. The van der Waals surface area contributed by atoms with Gasteiger partial charge in [-0.25, -0.2) is 0 Å². The summed E-state index contributed by atoms with van der Waals surface area (Å²) in [6.07, 6.45) is 0. The monoisotopic (exact) mass is 375 g/mol. The molecule has 0 spiro atoms. The van der Waals surface area contributed by atoms with Gasteiger partial charge in [0.1, 0.15) is 6.61 Å². The number of hydrogen-bond donors (Lipinski definition) is 1. The molecule has 0 unspecified atom stereocenters. The van der Waals surface area contributed by atoms with Crippen molar-refractivity contribution in [3.05, 3.63) is 57.6 Å². The van der Waals surface area contributed by atoms with E-state index < -0.39 is 0 Å². The zero-order valence-electron chi connectivity index (χ0n) is 13.1. The number of ether oxygens (including phenoxy) is 2. The molecular formula is C17H20Cl3NO2. The van der Waals surface area contributed by atoms with Crippen LogP contribution in [0, 0.1) is 0 Å².